The van der Waals surface area contributed by atoms with Crippen molar-refractivity contribution in [3.05, 3.63) is 41.4 Å². The minimum absolute atomic E-state index is 0.00781. The first-order valence-corrected chi connectivity index (χ1v) is 5.18. The van der Waals surface area contributed by atoms with Gasteiger partial charge in [-0.3, -0.25) is 4.68 Å². The Bertz CT molecular complexity index is 478. The van der Waals surface area contributed by atoms with Gasteiger partial charge in [0.15, 0.2) is 0 Å². The molecule has 0 aliphatic rings. The molecule has 0 saturated carbocycles. The molecule has 0 radical (unpaired) electrons. The van der Waals surface area contributed by atoms with E-state index in [9.17, 15) is 4.39 Å². The molecule has 0 bridgehead atoms. The third kappa shape index (κ3) is 2.08. The van der Waals surface area contributed by atoms with Crippen molar-refractivity contribution in [2.24, 2.45) is 0 Å². The molecule has 16 heavy (non-hydrogen) atoms. The van der Waals surface area contributed by atoms with Crippen LogP contribution in [0.2, 0.25) is 5.02 Å². The molecule has 2 aromatic rings. The Morgan fingerprint density at radius 3 is 2.94 bits per heavy atom. The van der Waals surface area contributed by atoms with Crippen molar-refractivity contribution in [1.29, 1.82) is 0 Å². The summed E-state index contributed by atoms with van der Waals surface area (Å²) in [5.41, 5.74) is 0.949. The van der Waals surface area contributed by atoms with E-state index in [-0.39, 0.29) is 12.4 Å². The fraction of sp³-hybridized carbons (Fsp3) is 0.182. The van der Waals surface area contributed by atoms with Crippen LogP contribution >= 0.6 is 11.6 Å². The number of halogens is 2. The second kappa shape index (κ2) is 4.63. The van der Waals surface area contributed by atoms with Crippen LogP contribution in [0.3, 0.4) is 0 Å². The third-order valence-electron chi connectivity index (χ3n) is 2.21. The predicted molar refractivity (Wildman–Crippen MR) is 59.7 cm³/mol. The van der Waals surface area contributed by atoms with Gasteiger partial charge in [0.1, 0.15) is 5.82 Å². The highest BCUT2D eigenvalue weighted by Gasteiger charge is 2.11. The molecule has 0 spiro atoms. The molecule has 0 amide bonds. The molecule has 1 aromatic heterocycles. The van der Waals surface area contributed by atoms with Gasteiger partial charge < -0.3 is 5.11 Å². The van der Waals surface area contributed by atoms with E-state index in [0.717, 1.165) is 0 Å². The van der Waals surface area contributed by atoms with E-state index in [0.29, 0.717) is 22.7 Å². The number of aliphatic hydroxyl groups excluding tert-OH is 1. The molecule has 2 rings (SSSR count). The summed E-state index contributed by atoms with van der Waals surface area (Å²) in [5, 5.41) is 13.1. The molecule has 1 aromatic carbocycles. The SMILES string of the molecule is OCCn1cc(-c2c(F)cccc2Cl)cn1. The van der Waals surface area contributed by atoms with Crippen molar-refractivity contribution in [2.45, 2.75) is 6.54 Å². The lowest BCUT2D eigenvalue weighted by Crippen LogP contribution is -2.01. The van der Waals surface area contributed by atoms with Gasteiger partial charge >= 0.3 is 0 Å². The molecule has 0 atom stereocenters. The normalized spacial score (nSPS) is 10.7. The zero-order chi connectivity index (χ0) is 11.5. The Morgan fingerprint density at radius 2 is 2.25 bits per heavy atom. The Morgan fingerprint density at radius 1 is 1.44 bits per heavy atom. The highest BCUT2D eigenvalue weighted by Crippen LogP contribution is 2.29. The number of aliphatic hydroxyl groups is 1. The fourth-order valence-electron chi connectivity index (χ4n) is 1.49. The maximum absolute atomic E-state index is 13.6. The Hall–Kier alpha value is -1.39. The van der Waals surface area contributed by atoms with E-state index in [1.54, 1.807) is 18.3 Å². The molecule has 0 aliphatic carbocycles. The number of benzene rings is 1. The first-order chi connectivity index (χ1) is 7.72. The summed E-state index contributed by atoms with van der Waals surface area (Å²) < 4.78 is 15.1. The van der Waals surface area contributed by atoms with Crippen LogP contribution in [-0.4, -0.2) is 21.5 Å². The van der Waals surface area contributed by atoms with Gasteiger partial charge in [0.2, 0.25) is 0 Å². The Labute approximate surface area is 97.1 Å². The molecule has 0 unspecified atom stereocenters. The lowest BCUT2D eigenvalue weighted by molar-refractivity contribution is 0.269. The number of nitrogens with zero attached hydrogens (tertiary/aromatic N) is 2. The second-order valence-corrected chi connectivity index (χ2v) is 3.72. The highest BCUT2D eigenvalue weighted by atomic mass is 35.5. The summed E-state index contributed by atoms with van der Waals surface area (Å²) >= 11 is 5.92. The van der Waals surface area contributed by atoms with Gasteiger partial charge in [0, 0.05) is 17.3 Å². The smallest absolute Gasteiger partial charge is 0.132 e. The minimum atomic E-state index is -0.379. The van der Waals surface area contributed by atoms with Crippen LogP contribution in [0.5, 0.6) is 0 Å². The van der Waals surface area contributed by atoms with E-state index in [1.165, 1.54) is 16.9 Å². The lowest BCUT2D eigenvalue weighted by atomic mass is 10.1. The number of hydrogen-bond acceptors (Lipinski definition) is 2. The van der Waals surface area contributed by atoms with E-state index in [4.69, 9.17) is 16.7 Å². The largest absolute Gasteiger partial charge is 0.394 e. The molecule has 5 heteroatoms. The van der Waals surface area contributed by atoms with Crippen molar-refractivity contribution in [2.75, 3.05) is 6.61 Å². The third-order valence-corrected chi connectivity index (χ3v) is 2.53. The van der Waals surface area contributed by atoms with Crippen LogP contribution in [0.1, 0.15) is 0 Å². The molecule has 3 nitrogen and oxygen atoms in total. The molecular formula is C11H10ClFN2O. The summed E-state index contributed by atoms with van der Waals surface area (Å²) in [5.74, 6) is -0.379. The van der Waals surface area contributed by atoms with Crippen molar-refractivity contribution in [1.82, 2.24) is 9.78 Å². The van der Waals surface area contributed by atoms with Gasteiger partial charge in [-0.25, -0.2) is 4.39 Å². The molecule has 1 N–H and O–H groups in total. The molecule has 0 saturated heterocycles. The quantitative estimate of drug-likeness (QED) is 0.894. The van der Waals surface area contributed by atoms with E-state index < -0.39 is 0 Å². The van der Waals surface area contributed by atoms with E-state index >= 15 is 0 Å². The maximum Gasteiger partial charge on any atom is 0.132 e. The topological polar surface area (TPSA) is 38.0 Å². The van der Waals surface area contributed by atoms with Crippen molar-refractivity contribution in [3.63, 3.8) is 0 Å². The monoisotopic (exact) mass is 240 g/mol. The zero-order valence-corrected chi connectivity index (χ0v) is 9.15. The van der Waals surface area contributed by atoms with Crippen molar-refractivity contribution in [3.8, 4) is 11.1 Å². The van der Waals surface area contributed by atoms with Gasteiger partial charge in [0.05, 0.1) is 24.4 Å². The van der Waals surface area contributed by atoms with Crippen LogP contribution in [0.25, 0.3) is 11.1 Å². The van der Waals surface area contributed by atoms with Crippen LogP contribution in [0.4, 0.5) is 4.39 Å². The molecule has 0 aliphatic heterocycles. The van der Waals surface area contributed by atoms with Gasteiger partial charge in [-0.2, -0.15) is 5.10 Å². The summed E-state index contributed by atoms with van der Waals surface area (Å²) in [6.07, 6.45) is 3.18. The van der Waals surface area contributed by atoms with Crippen molar-refractivity contribution < 1.29 is 9.50 Å². The molecule has 1 heterocycles. The average Bonchev–Trinajstić information content (AvgIpc) is 2.67. The first-order valence-electron chi connectivity index (χ1n) is 4.80. The summed E-state index contributed by atoms with van der Waals surface area (Å²) in [4.78, 5) is 0. The summed E-state index contributed by atoms with van der Waals surface area (Å²) in [6, 6.07) is 4.53. The Kier molecular flexibility index (Phi) is 3.22. The van der Waals surface area contributed by atoms with Crippen LogP contribution in [0, 0.1) is 5.82 Å². The number of aromatic nitrogens is 2. The van der Waals surface area contributed by atoms with E-state index in [2.05, 4.69) is 5.10 Å². The number of rotatable bonds is 3. The van der Waals surface area contributed by atoms with Gasteiger partial charge in [-0.1, -0.05) is 17.7 Å². The second-order valence-electron chi connectivity index (χ2n) is 3.31. The summed E-state index contributed by atoms with van der Waals surface area (Å²) in [7, 11) is 0. The van der Waals surface area contributed by atoms with Crippen LogP contribution in [-0.2, 0) is 6.54 Å². The van der Waals surface area contributed by atoms with Crippen molar-refractivity contribution >= 4 is 11.6 Å². The molecule has 0 fully saturated rings. The Balaban J connectivity index is 2.42. The van der Waals surface area contributed by atoms with Gasteiger partial charge in [-0.15, -0.1) is 0 Å². The predicted octanol–water partition coefficient (Wildman–Crippen LogP) is 2.33. The maximum atomic E-state index is 13.6. The standard InChI is InChI=1S/C11H10ClFN2O/c12-9-2-1-3-10(13)11(9)8-6-14-15(7-8)4-5-16/h1-3,6-7,16H,4-5H2. The minimum Gasteiger partial charge on any atom is -0.394 e. The first kappa shape index (κ1) is 11.1. The summed E-state index contributed by atoms with van der Waals surface area (Å²) in [6.45, 7) is 0.373. The average molecular weight is 241 g/mol. The zero-order valence-electron chi connectivity index (χ0n) is 8.40. The number of hydrogen-bond donors (Lipinski definition) is 1. The van der Waals surface area contributed by atoms with E-state index in [1.807, 2.05) is 0 Å². The highest BCUT2D eigenvalue weighted by molar-refractivity contribution is 6.33. The lowest BCUT2D eigenvalue weighted by Gasteiger charge is -2.02. The van der Waals surface area contributed by atoms with Crippen LogP contribution in [0.15, 0.2) is 30.6 Å². The van der Waals surface area contributed by atoms with Crippen LogP contribution < -0.4 is 0 Å². The molecular weight excluding hydrogens is 231 g/mol. The van der Waals surface area contributed by atoms with Gasteiger partial charge in [0.25, 0.3) is 0 Å². The van der Waals surface area contributed by atoms with Gasteiger partial charge in [-0.05, 0) is 12.1 Å². The fourth-order valence-corrected chi connectivity index (χ4v) is 1.76. The molecule has 84 valence electrons.